The highest BCUT2D eigenvalue weighted by Crippen LogP contribution is 2.53. The first-order valence-corrected chi connectivity index (χ1v) is 11.9. The number of hydrogen-bond donors (Lipinski definition) is 0. The Morgan fingerprint density at radius 3 is 2.30 bits per heavy atom. The molecule has 4 atom stereocenters. The topological polar surface area (TPSA) is 76.2 Å². The van der Waals surface area contributed by atoms with Crippen LogP contribution in [0.5, 0.6) is 11.5 Å². The Morgan fingerprint density at radius 2 is 1.57 bits per heavy atom. The Kier molecular flexibility index (Phi) is 5.33. The van der Waals surface area contributed by atoms with Crippen LogP contribution in [0, 0.1) is 17.7 Å². The maximum atomic E-state index is 14.1. The van der Waals surface area contributed by atoms with E-state index in [4.69, 9.17) is 9.47 Å². The zero-order chi connectivity index (χ0) is 25.8. The second-order valence-electron chi connectivity index (χ2n) is 9.26. The molecule has 0 bridgehead atoms. The van der Waals surface area contributed by atoms with Crippen LogP contribution in [0.4, 0.5) is 10.1 Å². The van der Waals surface area contributed by atoms with E-state index in [2.05, 4.69) is 0 Å². The summed E-state index contributed by atoms with van der Waals surface area (Å²) in [4.78, 5) is 44.7. The van der Waals surface area contributed by atoms with Crippen molar-refractivity contribution in [1.29, 1.82) is 0 Å². The minimum Gasteiger partial charge on any atom is -0.493 e. The average molecular weight is 499 g/mol. The molecular weight excluding hydrogens is 475 g/mol. The van der Waals surface area contributed by atoms with Gasteiger partial charge in [-0.1, -0.05) is 24.3 Å². The Morgan fingerprint density at radius 1 is 0.865 bits per heavy atom. The number of ether oxygens (including phenoxy) is 2. The lowest BCUT2D eigenvalue weighted by Gasteiger charge is -2.35. The van der Waals surface area contributed by atoms with E-state index in [1.165, 1.54) is 38.5 Å². The van der Waals surface area contributed by atoms with E-state index in [0.717, 1.165) is 16.0 Å². The smallest absolute Gasteiger partial charge is 0.240 e. The molecule has 3 aliphatic rings. The van der Waals surface area contributed by atoms with Crippen molar-refractivity contribution >= 4 is 29.4 Å². The average Bonchev–Trinajstić information content (AvgIpc) is 3.40. The van der Waals surface area contributed by atoms with Crippen molar-refractivity contribution in [3.8, 4) is 11.5 Å². The number of imide groups is 1. The molecule has 2 saturated heterocycles. The van der Waals surface area contributed by atoms with Gasteiger partial charge in [-0.15, -0.1) is 0 Å². The molecule has 37 heavy (non-hydrogen) atoms. The van der Waals surface area contributed by atoms with Crippen molar-refractivity contribution in [2.75, 3.05) is 19.1 Å². The lowest BCUT2D eigenvalue weighted by atomic mass is 9.83. The summed E-state index contributed by atoms with van der Waals surface area (Å²) in [6, 6.07) is 16.3. The molecule has 0 aromatic heterocycles. The fourth-order valence-corrected chi connectivity index (χ4v) is 5.86. The highest BCUT2D eigenvalue weighted by molar-refractivity contribution is 6.24. The van der Waals surface area contributed by atoms with Crippen molar-refractivity contribution in [2.24, 2.45) is 11.8 Å². The van der Waals surface area contributed by atoms with Crippen LogP contribution >= 0.6 is 0 Å². The van der Waals surface area contributed by atoms with Crippen LogP contribution in [-0.4, -0.2) is 42.8 Å². The number of benzene rings is 3. The second-order valence-corrected chi connectivity index (χ2v) is 9.26. The standard InChI is InChI=1S/C29H23FN2O5/c1-36-21-12-7-17(15-22(21)37-2)27(33)26-24-23(25-20-6-4-3-5-16(20)13-14-31(25)26)28(34)32(29(24)35)19-10-8-18(30)9-11-19/h3-15,23-26H,1-2H3/t23-,24+,25-,26-/m0/s1. The van der Waals surface area contributed by atoms with Gasteiger partial charge in [-0.05, 0) is 59.7 Å². The number of nitrogens with zero attached hydrogens (tertiary/aromatic N) is 2. The Bertz CT molecular complexity index is 1470. The molecule has 7 nitrogen and oxygen atoms in total. The summed E-state index contributed by atoms with van der Waals surface area (Å²) in [6.07, 6.45) is 3.70. The minimum atomic E-state index is -0.918. The summed E-state index contributed by atoms with van der Waals surface area (Å²) in [5, 5.41) is 0. The summed E-state index contributed by atoms with van der Waals surface area (Å²) in [6.45, 7) is 0. The summed E-state index contributed by atoms with van der Waals surface area (Å²) in [5.74, 6) is -2.48. The van der Waals surface area contributed by atoms with E-state index in [1.54, 1.807) is 24.4 Å². The van der Waals surface area contributed by atoms with Gasteiger partial charge in [0.2, 0.25) is 11.8 Å². The van der Waals surface area contributed by atoms with Gasteiger partial charge >= 0.3 is 0 Å². The molecule has 3 aromatic carbocycles. The van der Waals surface area contributed by atoms with Crippen LogP contribution in [0.2, 0.25) is 0 Å². The van der Waals surface area contributed by atoms with Crippen molar-refractivity contribution in [3.05, 3.63) is 95.4 Å². The first-order chi connectivity index (χ1) is 17.9. The second kappa shape index (κ2) is 8.58. The zero-order valence-electron chi connectivity index (χ0n) is 20.1. The molecule has 0 aliphatic carbocycles. The number of rotatable bonds is 5. The van der Waals surface area contributed by atoms with Crippen molar-refractivity contribution in [2.45, 2.75) is 12.1 Å². The van der Waals surface area contributed by atoms with Crippen LogP contribution in [0.15, 0.2) is 72.9 Å². The predicted molar refractivity (Wildman–Crippen MR) is 134 cm³/mol. The van der Waals surface area contributed by atoms with Crippen molar-refractivity contribution < 1.29 is 28.2 Å². The van der Waals surface area contributed by atoms with Gasteiger partial charge in [-0.2, -0.15) is 0 Å². The molecule has 0 saturated carbocycles. The number of hydrogen-bond acceptors (Lipinski definition) is 6. The van der Waals surface area contributed by atoms with Gasteiger partial charge in [0.25, 0.3) is 0 Å². The molecular formula is C29H23FN2O5. The zero-order valence-corrected chi connectivity index (χ0v) is 20.1. The largest absolute Gasteiger partial charge is 0.493 e. The van der Waals surface area contributed by atoms with Gasteiger partial charge in [-0.3, -0.25) is 14.4 Å². The highest BCUT2D eigenvalue weighted by atomic mass is 19.1. The molecule has 8 heteroatoms. The maximum absolute atomic E-state index is 14.1. The highest BCUT2D eigenvalue weighted by Gasteiger charge is 2.64. The lowest BCUT2D eigenvalue weighted by molar-refractivity contribution is -0.123. The summed E-state index contributed by atoms with van der Waals surface area (Å²) < 4.78 is 24.3. The van der Waals surface area contributed by atoms with E-state index in [1.807, 2.05) is 35.2 Å². The SMILES string of the molecule is COc1ccc(C(=O)[C@@H]2[C@@H]3C(=O)N(c4ccc(F)cc4)C(=O)[C@@H]3[C@@H]3c4ccccc4C=CN23)cc1OC. The number of fused-ring (bicyclic) bond motifs is 5. The third-order valence-corrected chi connectivity index (χ3v) is 7.48. The number of ketones is 1. The van der Waals surface area contributed by atoms with Gasteiger partial charge in [0.1, 0.15) is 11.9 Å². The first-order valence-electron chi connectivity index (χ1n) is 11.9. The van der Waals surface area contributed by atoms with Crippen LogP contribution < -0.4 is 14.4 Å². The van der Waals surface area contributed by atoms with E-state index in [-0.39, 0.29) is 11.5 Å². The Balaban J connectivity index is 1.48. The van der Waals surface area contributed by atoms with Gasteiger partial charge < -0.3 is 14.4 Å². The molecule has 0 unspecified atom stereocenters. The van der Waals surface area contributed by atoms with Crippen LogP contribution in [0.1, 0.15) is 27.5 Å². The molecule has 0 spiro atoms. The van der Waals surface area contributed by atoms with E-state index in [0.29, 0.717) is 17.1 Å². The number of carbonyl (C=O) groups excluding carboxylic acids is 3. The van der Waals surface area contributed by atoms with Gasteiger partial charge in [0, 0.05) is 11.8 Å². The first kappa shape index (κ1) is 23.0. The summed E-state index contributed by atoms with van der Waals surface area (Å²) in [7, 11) is 2.99. The third-order valence-electron chi connectivity index (χ3n) is 7.48. The van der Waals surface area contributed by atoms with E-state index >= 15 is 0 Å². The van der Waals surface area contributed by atoms with Crippen LogP contribution in [0.25, 0.3) is 6.08 Å². The Hall–Kier alpha value is -4.46. The van der Waals surface area contributed by atoms with Crippen molar-refractivity contribution in [3.63, 3.8) is 0 Å². The normalized spacial score (nSPS) is 23.5. The number of carbonyl (C=O) groups is 3. The van der Waals surface area contributed by atoms with E-state index in [9.17, 15) is 18.8 Å². The molecule has 0 N–H and O–H groups in total. The molecule has 0 radical (unpaired) electrons. The fourth-order valence-electron chi connectivity index (χ4n) is 5.86. The van der Waals surface area contributed by atoms with Gasteiger partial charge in [-0.25, -0.2) is 9.29 Å². The van der Waals surface area contributed by atoms with Crippen LogP contribution in [-0.2, 0) is 9.59 Å². The molecule has 6 rings (SSSR count). The summed E-state index contributed by atoms with van der Waals surface area (Å²) in [5.41, 5.74) is 2.44. The molecule has 3 aromatic rings. The van der Waals surface area contributed by atoms with E-state index < -0.39 is 41.6 Å². The predicted octanol–water partition coefficient (Wildman–Crippen LogP) is 4.24. The molecule has 3 aliphatic heterocycles. The number of Topliss-reactive ketones (excluding diaryl/α,β-unsaturated/α-hetero) is 1. The monoisotopic (exact) mass is 498 g/mol. The van der Waals surface area contributed by atoms with Gasteiger partial charge in [0.15, 0.2) is 17.3 Å². The number of methoxy groups -OCH3 is 2. The van der Waals surface area contributed by atoms with Crippen LogP contribution in [0.3, 0.4) is 0 Å². The quantitative estimate of drug-likeness (QED) is 0.387. The molecule has 2 amide bonds. The minimum absolute atomic E-state index is 0.286. The lowest BCUT2D eigenvalue weighted by Crippen LogP contribution is -2.44. The third kappa shape index (κ3) is 3.36. The maximum Gasteiger partial charge on any atom is 0.240 e. The molecule has 3 heterocycles. The molecule has 186 valence electrons. The Labute approximate surface area is 212 Å². The van der Waals surface area contributed by atoms with Gasteiger partial charge in [0.05, 0.1) is 37.8 Å². The molecule has 2 fully saturated rings. The number of amides is 2. The number of halogens is 1. The summed E-state index contributed by atoms with van der Waals surface area (Å²) >= 11 is 0. The number of anilines is 1. The van der Waals surface area contributed by atoms with Crippen molar-refractivity contribution in [1.82, 2.24) is 4.90 Å². The fraction of sp³-hybridized carbons (Fsp3) is 0.207.